The molecule has 0 radical (unpaired) electrons. The average Bonchev–Trinajstić information content (AvgIpc) is 2.81. The van der Waals surface area contributed by atoms with Gasteiger partial charge in [0.1, 0.15) is 5.82 Å². The minimum atomic E-state index is 0.782. The van der Waals surface area contributed by atoms with Crippen molar-refractivity contribution >= 4 is 0 Å². The van der Waals surface area contributed by atoms with E-state index in [0.717, 1.165) is 22.9 Å². The number of hydrogen-bond donors (Lipinski definition) is 0. The SMILES string of the molecule is Cc1cccc(-c2nc(C)nn2-c2ccccc2C)c1. The van der Waals surface area contributed by atoms with E-state index in [1.54, 1.807) is 0 Å². The van der Waals surface area contributed by atoms with Crippen LogP contribution in [0.15, 0.2) is 48.5 Å². The van der Waals surface area contributed by atoms with E-state index in [4.69, 9.17) is 0 Å². The molecule has 20 heavy (non-hydrogen) atoms. The van der Waals surface area contributed by atoms with Gasteiger partial charge in [-0.3, -0.25) is 0 Å². The predicted molar refractivity (Wildman–Crippen MR) is 81.0 cm³/mol. The van der Waals surface area contributed by atoms with Crippen molar-refractivity contribution in [1.29, 1.82) is 0 Å². The van der Waals surface area contributed by atoms with Crippen molar-refractivity contribution in [1.82, 2.24) is 14.8 Å². The second-order valence-corrected chi connectivity index (χ2v) is 5.05. The summed E-state index contributed by atoms with van der Waals surface area (Å²) in [5.74, 6) is 1.67. The fourth-order valence-corrected chi connectivity index (χ4v) is 2.36. The van der Waals surface area contributed by atoms with Gasteiger partial charge in [-0.2, -0.15) is 5.10 Å². The maximum absolute atomic E-state index is 4.59. The van der Waals surface area contributed by atoms with E-state index in [1.807, 2.05) is 23.7 Å². The highest BCUT2D eigenvalue weighted by Crippen LogP contribution is 2.23. The molecule has 3 heteroatoms. The minimum absolute atomic E-state index is 0.782. The molecule has 1 aromatic heterocycles. The van der Waals surface area contributed by atoms with Crippen molar-refractivity contribution in [3.63, 3.8) is 0 Å². The fraction of sp³-hybridized carbons (Fsp3) is 0.176. The highest BCUT2D eigenvalue weighted by molar-refractivity contribution is 5.59. The fourth-order valence-electron chi connectivity index (χ4n) is 2.36. The predicted octanol–water partition coefficient (Wildman–Crippen LogP) is 3.86. The molecule has 0 bridgehead atoms. The summed E-state index contributed by atoms with van der Waals surface area (Å²) < 4.78 is 1.93. The van der Waals surface area contributed by atoms with Crippen LogP contribution in [0.1, 0.15) is 17.0 Å². The van der Waals surface area contributed by atoms with Crippen molar-refractivity contribution in [3.05, 3.63) is 65.5 Å². The molecular weight excluding hydrogens is 246 g/mol. The van der Waals surface area contributed by atoms with E-state index in [2.05, 4.69) is 60.3 Å². The van der Waals surface area contributed by atoms with Crippen LogP contribution < -0.4 is 0 Å². The smallest absolute Gasteiger partial charge is 0.163 e. The number of nitrogens with zero attached hydrogens (tertiary/aromatic N) is 3. The molecule has 0 spiro atoms. The van der Waals surface area contributed by atoms with Crippen LogP contribution in [-0.4, -0.2) is 14.8 Å². The first-order valence-electron chi connectivity index (χ1n) is 6.72. The van der Waals surface area contributed by atoms with Gasteiger partial charge in [0.2, 0.25) is 0 Å². The summed E-state index contributed by atoms with van der Waals surface area (Å²) in [5, 5.41) is 4.55. The van der Waals surface area contributed by atoms with Crippen LogP contribution in [0.5, 0.6) is 0 Å². The number of para-hydroxylation sites is 1. The lowest BCUT2D eigenvalue weighted by molar-refractivity contribution is 0.862. The number of rotatable bonds is 2. The van der Waals surface area contributed by atoms with Gasteiger partial charge >= 0.3 is 0 Å². The second-order valence-electron chi connectivity index (χ2n) is 5.05. The molecule has 0 aliphatic carbocycles. The van der Waals surface area contributed by atoms with E-state index in [1.165, 1.54) is 11.1 Å². The molecule has 3 rings (SSSR count). The molecule has 0 amide bonds. The first-order chi connectivity index (χ1) is 9.65. The van der Waals surface area contributed by atoms with E-state index in [-0.39, 0.29) is 0 Å². The van der Waals surface area contributed by atoms with E-state index >= 15 is 0 Å². The van der Waals surface area contributed by atoms with Crippen LogP contribution in [0, 0.1) is 20.8 Å². The number of hydrogen-bond acceptors (Lipinski definition) is 2. The molecule has 0 aliphatic heterocycles. The molecule has 0 unspecified atom stereocenters. The summed E-state index contributed by atoms with van der Waals surface area (Å²) in [7, 11) is 0. The first kappa shape index (κ1) is 12.6. The van der Waals surface area contributed by atoms with Gasteiger partial charge in [-0.1, -0.05) is 42.0 Å². The topological polar surface area (TPSA) is 30.7 Å². The average molecular weight is 263 g/mol. The lowest BCUT2D eigenvalue weighted by Crippen LogP contribution is -2.01. The zero-order chi connectivity index (χ0) is 14.1. The molecule has 3 aromatic rings. The molecule has 0 saturated carbocycles. The molecule has 1 heterocycles. The summed E-state index contributed by atoms with van der Waals surface area (Å²) in [6.45, 7) is 6.10. The Morgan fingerprint density at radius 1 is 0.900 bits per heavy atom. The van der Waals surface area contributed by atoms with Gasteiger partial charge in [0.15, 0.2) is 5.82 Å². The molecule has 100 valence electrons. The number of aromatic nitrogens is 3. The van der Waals surface area contributed by atoms with Gasteiger partial charge in [-0.25, -0.2) is 9.67 Å². The molecule has 0 fully saturated rings. The van der Waals surface area contributed by atoms with Crippen molar-refractivity contribution in [3.8, 4) is 17.1 Å². The first-order valence-corrected chi connectivity index (χ1v) is 6.72. The van der Waals surface area contributed by atoms with Gasteiger partial charge in [-0.15, -0.1) is 0 Å². The van der Waals surface area contributed by atoms with Crippen LogP contribution in [0.4, 0.5) is 0 Å². The van der Waals surface area contributed by atoms with Crippen LogP contribution in [0.2, 0.25) is 0 Å². The Labute approximate surface area is 118 Å². The summed E-state index contributed by atoms with van der Waals surface area (Å²) >= 11 is 0. The highest BCUT2D eigenvalue weighted by Gasteiger charge is 2.12. The minimum Gasteiger partial charge on any atom is -0.213 e. The number of aryl methyl sites for hydroxylation is 3. The maximum Gasteiger partial charge on any atom is 0.163 e. The standard InChI is InChI=1S/C17H17N3/c1-12-7-6-9-15(11-12)17-18-14(3)19-20(17)16-10-5-4-8-13(16)2/h4-11H,1-3H3. The molecule has 3 nitrogen and oxygen atoms in total. The van der Waals surface area contributed by atoms with Gasteiger partial charge < -0.3 is 0 Å². The largest absolute Gasteiger partial charge is 0.213 e. The lowest BCUT2D eigenvalue weighted by atomic mass is 10.1. The van der Waals surface area contributed by atoms with E-state index < -0.39 is 0 Å². The van der Waals surface area contributed by atoms with Crippen LogP contribution in [0.25, 0.3) is 17.1 Å². The zero-order valence-corrected chi connectivity index (χ0v) is 12.0. The summed E-state index contributed by atoms with van der Waals surface area (Å²) in [6, 6.07) is 16.6. The Kier molecular flexibility index (Phi) is 3.11. The molecule has 2 aromatic carbocycles. The van der Waals surface area contributed by atoms with Crippen molar-refractivity contribution < 1.29 is 0 Å². The van der Waals surface area contributed by atoms with Crippen molar-refractivity contribution in [2.24, 2.45) is 0 Å². The van der Waals surface area contributed by atoms with E-state index in [0.29, 0.717) is 0 Å². The molecule has 0 N–H and O–H groups in total. The monoisotopic (exact) mass is 263 g/mol. The van der Waals surface area contributed by atoms with Crippen LogP contribution in [0.3, 0.4) is 0 Å². The highest BCUT2D eigenvalue weighted by atomic mass is 15.3. The molecule has 0 saturated heterocycles. The van der Waals surface area contributed by atoms with Gasteiger partial charge in [0.25, 0.3) is 0 Å². The second kappa shape index (κ2) is 4.93. The van der Waals surface area contributed by atoms with Gasteiger partial charge in [0.05, 0.1) is 5.69 Å². The van der Waals surface area contributed by atoms with E-state index in [9.17, 15) is 0 Å². The Balaban J connectivity index is 2.21. The summed E-state index contributed by atoms with van der Waals surface area (Å²) in [4.78, 5) is 4.59. The summed E-state index contributed by atoms with van der Waals surface area (Å²) in [5.41, 5.74) is 4.57. The Morgan fingerprint density at radius 3 is 2.45 bits per heavy atom. The van der Waals surface area contributed by atoms with Gasteiger partial charge in [0, 0.05) is 5.56 Å². The zero-order valence-electron chi connectivity index (χ0n) is 12.0. The normalized spacial score (nSPS) is 10.8. The van der Waals surface area contributed by atoms with Gasteiger partial charge in [-0.05, 0) is 38.5 Å². The number of benzene rings is 2. The maximum atomic E-state index is 4.59. The third kappa shape index (κ3) is 2.23. The molecule has 0 atom stereocenters. The Morgan fingerprint density at radius 2 is 1.70 bits per heavy atom. The Hall–Kier alpha value is -2.42. The van der Waals surface area contributed by atoms with Crippen molar-refractivity contribution in [2.45, 2.75) is 20.8 Å². The Bertz CT molecular complexity index is 756. The molecular formula is C17H17N3. The molecule has 0 aliphatic rings. The third-order valence-electron chi connectivity index (χ3n) is 3.33. The van der Waals surface area contributed by atoms with Crippen LogP contribution >= 0.6 is 0 Å². The third-order valence-corrected chi connectivity index (χ3v) is 3.33. The van der Waals surface area contributed by atoms with Crippen molar-refractivity contribution in [2.75, 3.05) is 0 Å². The van der Waals surface area contributed by atoms with Crippen LogP contribution in [-0.2, 0) is 0 Å². The summed E-state index contributed by atoms with van der Waals surface area (Å²) in [6.07, 6.45) is 0. The quantitative estimate of drug-likeness (QED) is 0.703. The lowest BCUT2D eigenvalue weighted by Gasteiger charge is -2.09.